The number of carbonyl (C=O) groups excluding carboxylic acids is 1. The second-order valence-electron chi connectivity index (χ2n) is 6.38. The van der Waals surface area contributed by atoms with E-state index in [9.17, 15) is 14.9 Å². The van der Waals surface area contributed by atoms with Gasteiger partial charge in [0.2, 0.25) is 5.91 Å². The Balaban J connectivity index is 1.40. The van der Waals surface area contributed by atoms with Gasteiger partial charge in [0.1, 0.15) is 0 Å². The summed E-state index contributed by atoms with van der Waals surface area (Å²) in [5.74, 6) is 0.347. The minimum absolute atomic E-state index is 0.0548. The number of rotatable bonds is 7. The number of nitro benzene ring substituents is 1. The maximum absolute atomic E-state index is 12.4. The van der Waals surface area contributed by atoms with E-state index in [1.54, 1.807) is 18.2 Å². The number of nitrogens with zero attached hydrogens (tertiary/aromatic N) is 3. The lowest BCUT2D eigenvalue weighted by molar-refractivity contribution is -0.385. The smallest absolute Gasteiger partial charge is 0.310 e. The van der Waals surface area contributed by atoms with Crippen molar-refractivity contribution in [2.45, 2.75) is 12.8 Å². The van der Waals surface area contributed by atoms with Gasteiger partial charge in [-0.2, -0.15) is 0 Å². The number of anilines is 1. The topological polar surface area (TPSA) is 75.9 Å². The standard InChI is InChI=1S/C20H23N3O4/c24-20(11-6-16-27-19-10-5-4-9-18(19)23(25)26)22-14-12-21(13-15-22)17-7-2-1-3-8-17/h1-5,7-10H,6,11-16H2. The molecule has 0 spiro atoms. The Hall–Kier alpha value is -3.09. The lowest BCUT2D eigenvalue weighted by atomic mass is 10.2. The fourth-order valence-corrected chi connectivity index (χ4v) is 3.15. The van der Waals surface area contributed by atoms with E-state index < -0.39 is 4.92 Å². The molecule has 1 saturated heterocycles. The first-order valence-electron chi connectivity index (χ1n) is 9.09. The molecule has 1 aliphatic heterocycles. The fraction of sp³-hybridized carbons (Fsp3) is 0.350. The van der Waals surface area contributed by atoms with Crippen LogP contribution in [0, 0.1) is 10.1 Å². The van der Waals surface area contributed by atoms with Crippen LogP contribution < -0.4 is 9.64 Å². The summed E-state index contributed by atoms with van der Waals surface area (Å²) in [7, 11) is 0. The van der Waals surface area contributed by atoms with Crippen LogP contribution in [0.5, 0.6) is 5.75 Å². The molecule has 1 aliphatic rings. The summed E-state index contributed by atoms with van der Waals surface area (Å²) in [6, 6.07) is 16.5. The molecule has 7 heteroatoms. The third-order valence-electron chi connectivity index (χ3n) is 4.61. The maximum Gasteiger partial charge on any atom is 0.310 e. The molecule has 1 fully saturated rings. The van der Waals surface area contributed by atoms with Crippen LogP contribution in [0.2, 0.25) is 0 Å². The molecule has 0 aromatic heterocycles. The molecule has 27 heavy (non-hydrogen) atoms. The van der Waals surface area contributed by atoms with Crippen LogP contribution >= 0.6 is 0 Å². The van der Waals surface area contributed by atoms with E-state index in [4.69, 9.17) is 4.74 Å². The minimum Gasteiger partial charge on any atom is -0.487 e. The van der Waals surface area contributed by atoms with Gasteiger partial charge in [0.25, 0.3) is 0 Å². The summed E-state index contributed by atoms with van der Waals surface area (Å²) in [5, 5.41) is 11.0. The Morgan fingerprint density at radius 3 is 2.37 bits per heavy atom. The van der Waals surface area contributed by atoms with Crippen LogP contribution in [0.15, 0.2) is 54.6 Å². The maximum atomic E-state index is 12.4. The van der Waals surface area contributed by atoms with E-state index in [0.29, 0.717) is 25.9 Å². The van der Waals surface area contributed by atoms with Crippen molar-refractivity contribution in [1.29, 1.82) is 0 Å². The SMILES string of the molecule is O=C(CCCOc1ccccc1[N+](=O)[O-])N1CCN(c2ccccc2)CC1. The summed E-state index contributed by atoms with van der Waals surface area (Å²) in [5.41, 5.74) is 1.13. The van der Waals surface area contributed by atoms with Crippen molar-refractivity contribution < 1.29 is 14.5 Å². The van der Waals surface area contributed by atoms with Crippen LogP contribution in [0.3, 0.4) is 0 Å². The Labute approximate surface area is 158 Å². The van der Waals surface area contributed by atoms with Gasteiger partial charge in [-0.25, -0.2) is 0 Å². The number of hydrogen-bond donors (Lipinski definition) is 0. The van der Waals surface area contributed by atoms with Crippen molar-refractivity contribution in [3.05, 3.63) is 64.7 Å². The monoisotopic (exact) mass is 369 g/mol. The number of amides is 1. The average molecular weight is 369 g/mol. The summed E-state index contributed by atoms with van der Waals surface area (Å²) >= 11 is 0. The largest absolute Gasteiger partial charge is 0.487 e. The van der Waals surface area contributed by atoms with Crippen molar-refractivity contribution in [2.24, 2.45) is 0 Å². The van der Waals surface area contributed by atoms with Crippen LogP contribution in [0.1, 0.15) is 12.8 Å². The first-order valence-corrected chi connectivity index (χ1v) is 9.09. The van der Waals surface area contributed by atoms with Crippen molar-refractivity contribution in [1.82, 2.24) is 4.90 Å². The summed E-state index contributed by atoms with van der Waals surface area (Å²) in [6.45, 7) is 3.34. The van der Waals surface area contributed by atoms with Crippen molar-refractivity contribution >= 4 is 17.3 Å². The van der Waals surface area contributed by atoms with E-state index in [0.717, 1.165) is 13.1 Å². The van der Waals surface area contributed by atoms with E-state index >= 15 is 0 Å². The summed E-state index contributed by atoms with van der Waals surface area (Å²) < 4.78 is 5.49. The van der Waals surface area contributed by atoms with Crippen LogP contribution in [0.25, 0.3) is 0 Å². The first kappa shape index (κ1) is 18.7. The highest BCUT2D eigenvalue weighted by molar-refractivity contribution is 5.76. The quantitative estimate of drug-likeness (QED) is 0.426. The first-order chi connectivity index (χ1) is 13.1. The zero-order chi connectivity index (χ0) is 19.1. The molecule has 142 valence electrons. The van der Waals surface area contributed by atoms with Crippen molar-refractivity contribution in [2.75, 3.05) is 37.7 Å². The summed E-state index contributed by atoms with van der Waals surface area (Å²) in [6.07, 6.45) is 0.912. The molecule has 1 heterocycles. The lowest BCUT2D eigenvalue weighted by Gasteiger charge is -2.36. The molecule has 0 saturated carbocycles. The summed E-state index contributed by atoms with van der Waals surface area (Å²) in [4.78, 5) is 27.0. The van der Waals surface area contributed by atoms with Gasteiger partial charge in [-0.3, -0.25) is 14.9 Å². The number of ether oxygens (including phenoxy) is 1. The van der Waals surface area contributed by atoms with Gasteiger partial charge in [-0.15, -0.1) is 0 Å². The van der Waals surface area contributed by atoms with E-state index in [-0.39, 0.29) is 24.0 Å². The van der Waals surface area contributed by atoms with Gasteiger partial charge >= 0.3 is 5.69 Å². The fourth-order valence-electron chi connectivity index (χ4n) is 3.15. The van der Waals surface area contributed by atoms with Crippen molar-refractivity contribution in [3.8, 4) is 5.75 Å². The van der Waals surface area contributed by atoms with E-state index in [1.165, 1.54) is 11.8 Å². The Kier molecular flexibility index (Phi) is 6.25. The third kappa shape index (κ3) is 4.97. The number of hydrogen-bond acceptors (Lipinski definition) is 5. The molecule has 2 aromatic carbocycles. The normalized spacial score (nSPS) is 14.1. The molecular weight excluding hydrogens is 346 g/mol. The predicted octanol–water partition coefficient (Wildman–Crippen LogP) is 3.10. The lowest BCUT2D eigenvalue weighted by Crippen LogP contribution is -2.48. The molecular formula is C20H23N3O4. The molecule has 0 atom stereocenters. The number of benzene rings is 2. The van der Waals surface area contributed by atoms with Gasteiger partial charge in [0.15, 0.2) is 5.75 Å². The van der Waals surface area contributed by atoms with Crippen LogP contribution in [-0.2, 0) is 4.79 Å². The molecule has 0 N–H and O–H groups in total. The zero-order valence-electron chi connectivity index (χ0n) is 15.1. The van der Waals surface area contributed by atoms with E-state index in [1.807, 2.05) is 23.1 Å². The highest BCUT2D eigenvalue weighted by atomic mass is 16.6. The van der Waals surface area contributed by atoms with Gasteiger partial charge < -0.3 is 14.5 Å². The number of para-hydroxylation sites is 3. The second kappa shape index (κ2) is 9.02. The molecule has 7 nitrogen and oxygen atoms in total. The predicted molar refractivity (Wildman–Crippen MR) is 103 cm³/mol. The van der Waals surface area contributed by atoms with Crippen LogP contribution in [0.4, 0.5) is 11.4 Å². The third-order valence-corrected chi connectivity index (χ3v) is 4.61. The molecule has 0 unspecified atom stereocenters. The molecule has 0 aliphatic carbocycles. The van der Waals surface area contributed by atoms with E-state index in [2.05, 4.69) is 17.0 Å². The van der Waals surface area contributed by atoms with Gasteiger partial charge in [-0.1, -0.05) is 30.3 Å². The molecule has 3 rings (SSSR count). The number of nitro groups is 1. The average Bonchev–Trinajstić information content (AvgIpc) is 2.72. The Bertz CT molecular complexity index is 774. The molecule has 2 aromatic rings. The van der Waals surface area contributed by atoms with Gasteiger partial charge in [0, 0.05) is 44.4 Å². The second-order valence-corrected chi connectivity index (χ2v) is 6.38. The van der Waals surface area contributed by atoms with Gasteiger partial charge in [0.05, 0.1) is 11.5 Å². The molecule has 0 radical (unpaired) electrons. The Morgan fingerprint density at radius 2 is 1.67 bits per heavy atom. The zero-order valence-corrected chi connectivity index (χ0v) is 15.1. The van der Waals surface area contributed by atoms with Gasteiger partial charge in [-0.05, 0) is 24.6 Å². The van der Waals surface area contributed by atoms with Crippen molar-refractivity contribution in [3.63, 3.8) is 0 Å². The highest BCUT2D eigenvalue weighted by Gasteiger charge is 2.21. The number of piperazine rings is 1. The highest BCUT2D eigenvalue weighted by Crippen LogP contribution is 2.26. The minimum atomic E-state index is -0.466. The number of carbonyl (C=O) groups is 1. The molecule has 1 amide bonds. The van der Waals surface area contributed by atoms with Crippen LogP contribution in [-0.4, -0.2) is 48.5 Å². The Morgan fingerprint density at radius 1 is 1.00 bits per heavy atom. The molecule has 0 bridgehead atoms.